The van der Waals surface area contributed by atoms with E-state index in [0.29, 0.717) is 6.54 Å². The SMILES string of the molecule is Cc1ccc(C)c2nc(N3CCCCC3)c(CCN)cc12. The predicted molar refractivity (Wildman–Crippen MR) is 90.0 cm³/mol. The number of aromatic nitrogens is 1. The van der Waals surface area contributed by atoms with Gasteiger partial charge in [-0.3, -0.25) is 0 Å². The lowest BCUT2D eigenvalue weighted by atomic mass is 10.0. The topological polar surface area (TPSA) is 42.2 Å². The maximum Gasteiger partial charge on any atom is 0.132 e. The van der Waals surface area contributed by atoms with Gasteiger partial charge in [-0.2, -0.15) is 0 Å². The first kappa shape index (κ1) is 14.3. The summed E-state index contributed by atoms with van der Waals surface area (Å²) >= 11 is 0. The van der Waals surface area contributed by atoms with Crippen LogP contribution in [0.1, 0.15) is 36.0 Å². The van der Waals surface area contributed by atoms with E-state index in [1.165, 1.54) is 47.2 Å². The summed E-state index contributed by atoms with van der Waals surface area (Å²) in [7, 11) is 0. The molecule has 0 aliphatic carbocycles. The Morgan fingerprint density at radius 1 is 1.10 bits per heavy atom. The molecule has 1 saturated heterocycles. The lowest BCUT2D eigenvalue weighted by molar-refractivity contribution is 0.572. The first-order valence-electron chi connectivity index (χ1n) is 8.05. The zero-order valence-corrected chi connectivity index (χ0v) is 13.2. The third kappa shape index (κ3) is 2.75. The molecule has 3 rings (SSSR count). The number of nitrogens with zero attached hydrogens (tertiary/aromatic N) is 2. The van der Waals surface area contributed by atoms with Crippen LogP contribution in [0, 0.1) is 13.8 Å². The smallest absolute Gasteiger partial charge is 0.132 e. The van der Waals surface area contributed by atoms with Crippen LogP contribution in [-0.4, -0.2) is 24.6 Å². The van der Waals surface area contributed by atoms with Crippen LogP contribution in [0.5, 0.6) is 0 Å². The van der Waals surface area contributed by atoms with E-state index in [1.807, 2.05) is 0 Å². The van der Waals surface area contributed by atoms with Crippen LogP contribution in [-0.2, 0) is 6.42 Å². The lowest BCUT2D eigenvalue weighted by Crippen LogP contribution is -2.31. The quantitative estimate of drug-likeness (QED) is 0.939. The summed E-state index contributed by atoms with van der Waals surface area (Å²) in [4.78, 5) is 7.50. The molecule has 112 valence electrons. The molecule has 1 fully saturated rings. The maximum atomic E-state index is 5.82. The number of hydrogen-bond acceptors (Lipinski definition) is 3. The summed E-state index contributed by atoms with van der Waals surface area (Å²) in [5.74, 6) is 1.17. The molecule has 21 heavy (non-hydrogen) atoms. The standard InChI is InChI=1S/C18H25N3/c1-13-6-7-14(2)17-16(13)12-15(8-9-19)18(20-17)21-10-4-3-5-11-21/h6-7,12H,3-5,8-11,19H2,1-2H3. The summed E-state index contributed by atoms with van der Waals surface area (Å²) < 4.78 is 0. The molecule has 2 aromatic rings. The van der Waals surface area contributed by atoms with Gasteiger partial charge in [-0.1, -0.05) is 12.1 Å². The van der Waals surface area contributed by atoms with E-state index in [9.17, 15) is 0 Å². The maximum absolute atomic E-state index is 5.82. The van der Waals surface area contributed by atoms with Gasteiger partial charge < -0.3 is 10.6 Å². The third-order valence-corrected chi connectivity index (χ3v) is 4.53. The molecule has 1 aliphatic rings. The number of piperidine rings is 1. The second kappa shape index (κ2) is 6.02. The van der Waals surface area contributed by atoms with Crippen molar-refractivity contribution in [3.63, 3.8) is 0 Å². The number of rotatable bonds is 3. The highest BCUT2D eigenvalue weighted by molar-refractivity contribution is 5.87. The minimum absolute atomic E-state index is 0.679. The van der Waals surface area contributed by atoms with Crippen molar-refractivity contribution in [2.24, 2.45) is 5.73 Å². The van der Waals surface area contributed by atoms with E-state index in [2.05, 4.69) is 36.9 Å². The van der Waals surface area contributed by atoms with Crippen LogP contribution in [0.15, 0.2) is 18.2 Å². The Bertz CT molecular complexity index is 642. The summed E-state index contributed by atoms with van der Waals surface area (Å²) in [6, 6.07) is 6.68. The highest BCUT2D eigenvalue weighted by Gasteiger charge is 2.17. The number of benzene rings is 1. The summed E-state index contributed by atoms with van der Waals surface area (Å²) in [6.07, 6.45) is 4.79. The molecule has 0 unspecified atom stereocenters. The number of fused-ring (bicyclic) bond motifs is 1. The number of hydrogen-bond donors (Lipinski definition) is 1. The van der Waals surface area contributed by atoms with Crippen molar-refractivity contribution in [3.05, 3.63) is 34.9 Å². The molecule has 2 heterocycles. The Morgan fingerprint density at radius 2 is 1.81 bits per heavy atom. The fraction of sp³-hybridized carbons (Fsp3) is 0.500. The van der Waals surface area contributed by atoms with E-state index in [-0.39, 0.29) is 0 Å². The molecule has 0 bridgehead atoms. The lowest BCUT2D eigenvalue weighted by Gasteiger charge is -2.30. The summed E-state index contributed by atoms with van der Waals surface area (Å²) in [6.45, 7) is 7.24. The molecule has 0 amide bonds. The zero-order valence-electron chi connectivity index (χ0n) is 13.2. The van der Waals surface area contributed by atoms with Crippen molar-refractivity contribution in [2.45, 2.75) is 39.5 Å². The van der Waals surface area contributed by atoms with Crippen LogP contribution in [0.4, 0.5) is 5.82 Å². The van der Waals surface area contributed by atoms with E-state index < -0.39 is 0 Å². The van der Waals surface area contributed by atoms with E-state index in [4.69, 9.17) is 10.7 Å². The minimum atomic E-state index is 0.679. The summed E-state index contributed by atoms with van der Waals surface area (Å²) in [5, 5.41) is 1.28. The highest BCUT2D eigenvalue weighted by Crippen LogP contribution is 2.29. The number of aryl methyl sites for hydroxylation is 2. The molecular formula is C18H25N3. The van der Waals surface area contributed by atoms with Crippen LogP contribution < -0.4 is 10.6 Å². The molecular weight excluding hydrogens is 258 g/mol. The molecule has 1 aliphatic heterocycles. The Kier molecular flexibility index (Phi) is 4.11. The van der Waals surface area contributed by atoms with Crippen LogP contribution in [0.2, 0.25) is 0 Å². The molecule has 0 atom stereocenters. The average Bonchev–Trinajstić information content (AvgIpc) is 2.52. The van der Waals surface area contributed by atoms with Crippen molar-refractivity contribution in [1.82, 2.24) is 4.98 Å². The normalized spacial score (nSPS) is 15.7. The van der Waals surface area contributed by atoms with Gasteiger partial charge >= 0.3 is 0 Å². The number of nitrogens with two attached hydrogens (primary N) is 1. The van der Waals surface area contributed by atoms with Crippen LogP contribution >= 0.6 is 0 Å². The Balaban J connectivity index is 2.16. The van der Waals surface area contributed by atoms with Gasteiger partial charge in [0.25, 0.3) is 0 Å². The molecule has 2 N–H and O–H groups in total. The second-order valence-corrected chi connectivity index (χ2v) is 6.15. The van der Waals surface area contributed by atoms with Gasteiger partial charge in [0.15, 0.2) is 0 Å². The van der Waals surface area contributed by atoms with Crippen molar-refractivity contribution >= 4 is 16.7 Å². The van der Waals surface area contributed by atoms with E-state index in [0.717, 1.165) is 25.0 Å². The molecule has 0 spiro atoms. The third-order valence-electron chi connectivity index (χ3n) is 4.53. The molecule has 3 heteroatoms. The Labute approximate surface area is 127 Å². The van der Waals surface area contributed by atoms with E-state index >= 15 is 0 Å². The van der Waals surface area contributed by atoms with Gasteiger partial charge in [0.1, 0.15) is 5.82 Å². The van der Waals surface area contributed by atoms with Gasteiger partial charge in [0, 0.05) is 18.5 Å². The van der Waals surface area contributed by atoms with Gasteiger partial charge in [0.05, 0.1) is 5.52 Å². The molecule has 0 radical (unpaired) electrons. The predicted octanol–water partition coefficient (Wildman–Crippen LogP) is 3.34. The second-order valence-electron chi connectivity index (χ2n) is 6.15. The fourth-order valence-electron chi connectivity index (χ4n) is 3.28. The first-order valence-corrected chi connectivity index (χ1v) is 8.05. The Morgan fingerprint density at radius 3 is 2.52 bits per heavy atom. The van der Waals surface area contributed by atoms with Gasteiger partial charge in [-0.25, -0.2) is 4.98 Å². The summed E-state index contributed by atoms with van der Waals surface area (Å²) in [5.41, 5.74) is 10.8. The van der Waals surface area contributed by atoms with Gasteiger partial charge in [0.2, 0.25) is 0 Å². The Hall–Kier alpha value is -1.61. The highest BCUT2D eigenvalue weighted by atomic mass is 15.2. The monoisotopic (exact) mass is 283 g/mol. The van der Waals surface area contributed by atoms with Gasteiger partial charge in [-0.15, -0.1) is 0 Å². The van der Waals surface area contributed by atoms with Crippen molar-refractivity contribution < 1.29 is 0 Å². The van der Waals surface area contributed by atoms with Crippen LogP contribution in [0.25, 0.3) is 10.9 Å². The molecule has 1 aromatic heterocycles. The van der Waals surface area contributed by atoms with Crippen LogP contribution in [0.3, 0.4) is 0 Å². The minimum Gasteiger partial charge on any atom is -0.356 e. The fourth-order valence-corrected chi connectivity index (χ4v) is 3.28. The molecule has 3 nitrogen and oxygen atoms in total. The molecule has 1 aromatic carbocycles. The largest absolute Gasteiger partial charge is 0.356 e. The zero-order chi connectivity index (χ0) is 14.8. The number of anilines is 1. The number of pyridine rings is 1. The first-order chi connectivity index (χ1) is 10.2. The van der Waals surface area contributed by atoms with Crippen molar-refractivity contribution in [2.75, 3.05) is 24.5 Å². The van der Waals surface area contributed by atoms with E-state index in [1.54, 1.807) is 0 Å². The van der Waals surface area contributed by atoms with Gasteiger partial charge in [-0.05, 0) is 68.8 Å². The van der Waals surface area contributed by atoms with Crippen molar-refractivity contribution in [3.8, 4) is 0 Å². The average molecular weight is 283 g/mol. The van der Waals surface area contributed by atoms with Crippen molar-refractivity contribution in [1.29, 1.82) is 0 Å². The molecule has 0 saturated carbocycles.